The van der Waals surface area contributed by atoms with Crippen LogP contribution >= 0.6 is 0 Å². The second-order valence-electron chi connectivity index (χ2n) is 7.87. The Morgan fingerprint density at radius 3 is 2.88 bits per heavy atom. The third kappa shape index (κ3) is 2.90. The van der Waals surface area contributed by atoms with Gasteiger partial charge in [-0.3, -0.25) is 4.39 Å². The summed E-state index contributed by atoms with van der Waals surface area (Å²) in [4.78, 5) is 2.44. The molecule has 1 saturated carbocycles. The van der Waals surface area contributed by atoms with Gasteiger partial charge in [0.1, 0.15) is 12.4 Å². The van der Waals surface area contributed by atoms with Crippen LogP contribution in [0.15, 0.2) is 6.07 Å². The van der Waals surface area contributed by atoms with E-state index >= 15 is 0 Å². The lowest BCUT2D eigenvalue weighted by molar-refractivity contribution is 0.260. The van der Waals surface area contributed by atoms with E-state index in [0.29, 0.717) is 18.6 Å². The molecular formula is C20H29FN2O. The van der Waals surface area contributed by atoms with Gasteiger partial charge in [0.25, 0.3) is 0 Å². The van der Waals surface area contributed by atoms with Gasteiger partial charge in [-0.25, -0.2) is 0 Å². The van der Waals surface area contributed by atoms with Crippen LogP contribution in [0.1, 0.15) is 49.3 Å². The highest BCUT2D eigenvalue weighted by atomic mass is 19.1. The van der Waals surface area contributed by atoms with Crippen LogP contribution in [0.3, 0.4) is 0 Å². The van der Waals surface area contributed by atoms with Gasteiger partial charge in [-0.2, -0.15) is 0 Å². The average Bonchev–Trinajstić information content (AvgIpc) is 3.42. The van der Waals surface area contributed by atoms with Crippen LogP contribution in [-0.4, -0.2) is 39.0 Å². The van der Waals surface area contributed by atoms with E-state index in [9.17, 15) is 4.39 Å². The molecule has 24 heavy (non-hydrogen) atoms. The first-order valence-electron chi connectivity index (χ1n) is 9.53. The molecule has 1 aliphatic carbocycles. The average molecular weight is 332 g/mol. The largest absolute Gasteiger partial charge is 0.489 e. The maximum absolute atomic E-state index is 13.2. The Labute approximate surface area is 144 Å². The Kier molecular flexibility index (Phi) is 4.42. The van der Waals surface area contributed by atoms with Gasteiger partial charge >= 0.3 is 0 Å². The number of benzene rings is 1. The summed E-state index contributed by atoms with van der Waals surface area (Å²) in [6.07, 6.45) is 4.77. The summed E-state index contributed by atoms with van der Waals surface area (Å²) in [6, 6.07) is 2.59. The molecule has 1 N–H and O–H groups in total. The SMILES string of the molecule is C[C@@H](CF)CN1c2c(cc3c(c2C2CC2)CCNCC3)OC[C@H]1C. The number of rotatable bonds is 4. The number of hydrogen-bond acceptors (Lipinski definition) is 3. The highest BCUT2D eigenvalue weighted by Crippen LogP contribution is 2.52. The summed E-state index contributed by atoms with van der Waals surface area (Å²) in [5.41, 5.74) is 5.84. The van der Waals surface area contributed by atoms with E-state index in [1.165, 1.54) is 29.7 Å². The summed E-state index contributed by atoms with van der Waals surface area (Å²) in [7, 11) is 0. The molecule has 1 fully saturated rings. The lowest BCUT2D eigenvalue weighted by Crippen LogP contribution is -2.44. The highest BCUT2D eigenvalue weighted by molar-refractivity contribution is 5.71. The van der Waals surface area contributed by atoms with Crippen LogP contribution in [0.5, 0.6) is 5.75 Å². The number of halogens is 1. The summed E-state index contributed by atoms with van der Waals surface area (Å²) < 4.78 is 19.3. The number of nitrogens with one attached hydrogen (secondary N) is 1. The van der Waals surface area contributed by atoms with Crippen molar-refractivity contribution in [2.75, 3.05) is 37.8 Å². The maximum Gasteiger partial charge on any atom is 0.143 e. The molecule has 132 valence electrons. The van der Waals surface area contributed by atoms with Gasteiger partial charge in [0.15, 0.2) is 0 Å². The smallest absolute Gasteiger partial charge is 0.143 e. The molecular weight excluding hydrogens is 303 g/mol. The van der Waals surface area contributed by atoms with Gasteiger partial charge < -0.3 is 15.0 Å². The Balaban J connectivity index is 1.83. The summed E-state index contributed by atoms with van der Waals surface area (Å²) >= 11 is 0. The minimum Gasteiger partial charge on any atom is -0.489 e. The number of nitrogens with zero attached hydrogens (tertiary/aromatic N) is 1. The fourth-order valence-electron chi connectivity index (χ4n) is 4.24. The molecule has 3 aliphatic rings. The van der Waals surface area contributed by atoms with Gasteiger partial charge in [-0.05, 0) is 74.4 Å². The molecule has 0 amide bonds. The van der Waals surface area contributed by atoms with Gasteiger partial charge in [0, 0.05) is 12.5 Å². The van der Waals surface area contributed by atoms with Crippen LogP contribution in [0.2, 0.25) is 0 Å². The fourth-order valence-corrected chi connectivity index (χ4v) is 4.24. The molecule has 0 radical (unpaired) electrons. The monoisotopic (exact) mass is 332 g/mol. The van der Waals surface area contributed by atoms with E-state index in [4.69, 9.17) is 4.74 Å². The fraction of sp³-hybridized carbons (Fsp3) is 0.700. The Bertz CT molecular complexity index is 614. The lowest BCUT2D eigenvalue weighted by atomic mass is 9.90. The molecule has 2 aliphatic heterocycles. The minimum absolute atomic E-state index is 0.0610. The predicted octanol–water partition coefficient (Wildman–Crippen LogP) is 3.45. The molecule has 1 aromatic carbocycles. The molecule has 0 aromatic heterocycles. The van der Waals surface area contributed by atoms with Gasteiger partial charge in [0.2, 0.25) is 0 Å². The molecule has 2 heterocycles. The van der Waals surface area contributed by atoms with Crippen molar-refractivity contribution in [1.29, 1.82) is 0 Å². The zero-order valence-electron chi connectivity index (χ0n) is 14.9. The Hall–Kier alpha value is -1.29. The van der Waals surface area contributed by atoms with Crippen LogP contribution in [0.4, 0.5) is 10.1 Å². The van der Waals surface area contributed by atoms with E-state index in [-0.39, 0.29) is 12.6 Å². The standard InChI is InChI=1S/C20H29FN2O/c1-13(10-21)11-23-14(2)12-24-18-9-16-5-7-22-8-6-17(16)19(20(18)23)15-3-4-15/h9,13-15,22H,3-8,10-12H2,1-2H3/t13-,14+/m0/s1. The second kappa shape index (κ2) is 6.55. The first-order chi connectivity index (χ1) is 11.7. The first-order valence-corrected chi connectivity index (χ1v) is 9.53. The number of hydrogen-bond donors (Lipinski definition) is 1. The summed E-state index contributed by atoms with van der Waals surface area (Å²) in [5, 5.41) is 3.53. The molecule has 0 bridgehead atoms. The zero-order valence-corrected chi connectivity index (χ0v) is 14.9. The van der Waals surface area contributed by atoms with Crippen molar-refractivity contribution in [2.45, 2.75) is 51.5 Å². The Morgan fingerprint density at radius 2 is 2.12 bits per heavy atom. The van der Waals surface area contributed by atoms with E-state index in [0.717, 1.165) is 38.2 Å². The van der Waals surface area contributed by atoms with Crippen molar-refractivity contribution in [3.63, 3.8) is 0 Å². The first kappa shape index (κ1) is 16.2. The van der Waals surface area contributed by atoms with Crippen molar-refractivity contribution >= 4 is 5.69 Å². The second-order valence-corrected chi connectivity index (χ2v) is 7.87. The van der Waals surface area contributed by atoms with Crippen LogP contribution in [0, 0.1) is 5.92 Å². The summed E-state index contributed by atoms with van der Waals surface area (Å²) in [6.45, 7) is 7.55. The molecule has 4 rings (SSSR count). The van der Waals surface area contributed by atoms with Crippen LogP contribution < -0.4 is 15.0 Å². The van der Waals surface area contributed by atoms with Gasteiger partial charge in [-0.1, -0.05) is 6.92 Å². The number of ether oxygens (including phenoxy) is 1. The van der Waals surface area contributed by atoms with E-state index in [1.54, 1.807) is 5.56 Å². The Morgan fingerprint density at radius 1 is 1.33 bits per heavy atom. The highest BCUT2D eigenvalue weighted by Gasteiger charge is 2.37. The molecule has 0 saturated heterocycles. The van der Waals surface area contributed by atoms with Crippen molar-refractivity contribution in [3.05, 3.63) is 22.8 Å². The van der Waals surface area contributed by atoms with Crippen molar-refractivity contribution in [1.82, 2.24) is 5.32 Å². The molecule has 0 spiro atoms. The van der Waals surface area contributed by atoms with Gasteiger partial charge in [0.05, 0.1) is 18.4 Å². The third-order valence-electron chi connectivity index (χ3n) is 5.69. The molecule has 0 unspecified atom stereocenters. The van der Waals surface area contributed by atoms with Gasteiger partial charge in [-0.15, -0.1) is 0 Å². The van der Waals surface area contributed by atoms with E-state index < -0.39 is 0 Å². The molecule has 2 atom stereocenters. The van der Waals surface area contributed by atoms with Crippen LogP contribution in [0.25, 0.3) is 0 Å². The quantitative estimate of drug-likeness (QED) is 0.914. The number of anilines is 1. The molecule has 4 heteroatoms. The predicted molar refractivity (Wildman–Crippen MR) is 96.1 cm³/mol. The van der Waals surface area contributed by atoms with Crippen LogP contribution in [-0.2, 0) is 12.8 Å². The molecule has 3 nitrogen and oxygen atoms in total. The lowest BCUT2D eigenvalue weighted by Gasteiger charge is -2.40. The normalized spacial score (nSPS) is 24.6. The number of fused-ring (bicyclic) bond motifs is 2. The topological polar surface area (TPSA) is 24.5 Å². The zero-order chi connectivity index (χ0) is 16.7. The molecule has 1 aromatic rings. The van der Waals surface area contributed by atoms with Crippen molar-refractivity contribution in [3.8, 4) is 5.75 Å². The van der Waals surface area contributed by atoms with Crippen molar-refractivity contribution < 1.29 is 9.13 Å². The van der Waals surface area contributed by atoms with E-state index in [1.807, 2.05) is 6.92 Å². The minimum atomic E-state index is -0.257. The van der Waals surface area contributed by atoms with E-state index in [2.05, 4.69) is 23.2 Å². The summed E-state index contributed by atoms with van der Waals surface area (Å²) in [5.74, 6) is 1.79. The van der Waals surface area contributed by atoms with Crippen molar-refractivity contribution in [2.24, 2.45) is 5.92 Å². The third-order valence-corrected chi connectivity index (χ3v) is 5.69. The number of alkyl halides is 1. The maximum atomic E-state index is 13.2.